The fourth-order valence-corrected chi connectivity index (χ4v) is 1.44. The monoisotopic (exact) mass is 251 g/mol. The minimum Gasteiger partial charge on any atom is -0.508 e. The van der Waals surface area contributed by atoms with Gasteiger partial charge in [0.2, 0.25) is 5.91 Å². The highest BCUT2D eigenvalue weighted by molar-refractivity contribution is 5.87. The van der Waals surface area contributed by atoms with Gasteiger partial charge in [0.05, 0.1) is 6.42 Å². The molecule has 0 aliphatic carbocycles. The van der Waals surface area contributed by atoms with Crippen LogP contribution in [0, 0.1) is 0 Å². The summed E-state index contributed by atoms with van der Waals surface area (Å²) < 4.78 is 0. The van der Waals surface area contributed by atoms with Crippen molar-refractivity contribution in [3.63, 3.8) is 0 Å². The maximum atomic E-state index is 11.7. The third-order valence-corrected chi connectivity index (χ3v) is 2.90. The lowest BCUT2D eigenvalue weighted by molar-refractivity contribution is -0.146. The highest BCUT2D eigenvalue weighted by atomic mass is 16.4. The molecule has 1 rings (SSSR count). The van der Waals surface area contributed by atoms with E-state index in [1.54, 1.807) is 19.1 Å². The van der Waals surface area contributed by atoms with Crippen molar-refractivity contribution in [3.8, 4) is 5.75 Å². The number of benzene rings is 1. The number of carbonyl (C=O) groups excluding carboxylic acids is 1. The molecular weight excluding hydrogens is 234 g/mol. The van der Waals surface area contributed by atoms with Crippen molar-refractivity contribution in [1.82, 2.24) is 5.32 Å². The van der Waals surface area contributed by atoms with Crippen LogP contribution in [0.25, 0.3) is 0 Å². The van der Waals surface area contributed by atoms with Crippen LogP contribution in [0.2, 0.25) is 0 Å². The number of carbonyl (C=O) groups is 2. The molecular formula is C13H17NO4. The minimum atomic E-state index is -1.24. The van der Waals surface area contributed by atoms with Crippen LogP contribution in [-0.2, 0) is 16.0 Å². The summed E-state index contributed by atoms with van der Waals surface area (Å²) in [6.45, 7) is 3.18. The molecule has 0 spiro atoms. The maximum Gasteiger partial charge on any atom is 0.329 e. The number of aliphatic carboxylic acids is 1. The molecule has 98 valence electrons. The molecule has 1 atom stereocenters. The molecule has 0 saturated carbocycles. The van der Waals surface area contributed by atoms with Crippen LogP contribution >= 0.6 is 0 Å². The predicted octanol–water partition coefficient (Wildman–Crippen LogP) is 1.30. The van der Waals surface area contributed by atoms with Gasteiger partial charge in [-0.15, -0.1) is 0 Å². The highest BCUT2D eigenvalue weighted by Crippen LogP contribution is 2.12. The van der Waals surface area contributed by atoms with Gasteiger partial charge in [-0.25, -0.2) is 4.79 Å². The number of carboxylic acids is 1. The zero-order chi connectivity index (χ0) is 13.8. The molecule has 0 fully saturated rings. The van der Waals surface area contributed by atoms with Crippen molar-refractivity contribution >= 4 is 11.9 Å². The molecule has 3 N–H and O–H groups in total. The number of hydrogen-bond donors (Lipinski definition) is 3. The number of aromatic hydroxyl groups is 1. The summed E-state index contributed by atoms with van der Waals surface area (Å²) in [5, 5.41) is 20.7. The van der Waals surface area contributed by atoms with Gasteiger partial charge in [-0.2, -0.15) is 0 Å². The van der Waals surface area contributed by atoms with E-state index in [-0.39, 0.29) is 18.1 Å². The summed E-state index contributed by atoms with van der Waals surface area (Å²) in [4.78, 5) is 22.8. The van der Waals surface area contributed by atoms with Crippen molar-refractivity contribution in [1.29, 1.82) is 0 Å². The van der Waals surface area contributed by atoms with Gasteiger partial charge in [0.1, 0.15) is 11.3 Å². The Morgan fingerprint density at radius 2 is 1.83 bits per heavy atom. The quantitative estimate of drug-likeness (QED) is 0.736. The summed E-state index contributed by atoms with van der Waals surface area (Å²) in [5.41, 5.74) is -0.525. The molecule has 1 aromatic rings. The van der Waals surface area contributed by atoms with E-state index in [0.717, 1.165) is 0 Å². The summed E-state index contributed by atoms with van der Waals surface area (Å²) in [6.07, 6.45) is 0.396. The lowest BCUT2D eigenvalue weighted by Gasteiger charge is -2.24. The van der Waals surface area contributed by atoms with Crippen LogP contribution in [0.5, 0.6) is 5.75 Å². The van der Waals surface area contributed by atoms with Crippen LogP contribution in [0.15, 0.2) is 24.3 Å². The Labute approximate surface area is 105 Å². The Hall–Kier alpha value is -2.04. The summed E-state index contributed by atoms with van der Waals surface area (Å²) in [6, 6.07) is 6.22. The first kappa shape index (κ1) is 14.0. The SMILES string of the molecule is CCC(C)(NC(=O)Cc1ccc(O)cc1)C(=O)O. The Balaban J connectivity index is 2.66. The number of carboxylic acid groups (broad SMARTS) is 1. The Morgan fingerprint density at radius 1 is 1.28 bits per heavy atom. The van der Waals surface area contributed by atoms with E-state index in [4.69, 9.17) is 10.2 Å². The second-order valence-electron chi connectivity index (χ2n) is 4.38. The second kappa shape index (κ2) is 5.53. The number of amides is 1. The van der Waals surface area contributed by atoms with Gasteiger partial charge >= 0.3 is 5.97 Å². The standard InChI is InChI=1S/C13H17NO4/c1-3-13(2,12(17)18)14-11(16)8-9-4-6-10(15)7-5-9/h4-7,15H,3,8H2,1-2H3,(H,14,16)(H,17,18). The van der Waals surface area contributed by atoms with Crippen molar-refractivity contribution in [2.45, 2.75) is 32.2 Å². The van der Waals surface area contributed by atoms with Crippen LogP contribution in [0.3, 0.4) is 0 Å². The molecule has 0 saturated heterocycles. The molecule has 0 bridgehead atoms. The van der Waals surface area contributed by atoms with Crippen LogP contribution in [0.4, 0.5) is 0 Å². The average molecular weight is 251 g/mol. The predicted molar refractivity (Wildman–Crippen MR) is 66.3 cm³/mol. The first-order valence-electron chi connectivity index (χ1n) is 5.69. The number of nitrogens with one attached hydrogen (secondary N) is 1. The molecule has 5 nitrogen and oxygen atoms in total. The summed E-state index contributed by atoms with van der Waals surface area (Å²) in [5.74, 6) is -1.28. The number of phenols is 1. The van der Waals surface area contributed by atoms with E-state index in [9.17, 15) is 9.59 Å². The Kier molecular flexibility index (Phi) is 4.31. The van der Waals surface area contributed by atoms with Crippen molar-refractivity contribution in [2.75, 3.05) is 0 Å². The normalized spacial score (nSPS) is 13.7. The largest absolute Gasteiger partial charge is 0.508 e. The van der Waals surface area contributed by atoms with Gasteiger partial charge in [-0.05, 0) is 31.0 Å². The van der Waals surface area contributed by atoms with Crippen molar-refractivity contribution < 1.29 is 19.8 Å². The molecule has 1 amide bonds. The van der Waals surface area contributed by atoms with Crippen molar-refractivity contribution in [2.24, 2.45) is 0 Å². The molecule has 0 aliphatic heterocycles. The van der Waals surface area contributed by atoms with Crippen LogP contribution in [0.1, 0.15) is 25.8 Å². The van der Waals surface area contributed by atoms with Gasteiger partial charge in [0, 0.05) is 0 Å². The molecule has 18 heavy (non-hydrogen) atoms. The highest BCUT2D eigenvalue weighted by Gasteiger charge is 2.32. The van der Waals surface area contributed by atoms with E-state index < -0.39 is 11.5 Å². The zero-order valence-corrected chi connectivity index (χ0v) is 10.4. The fourth-order valence-electron chi connectivity index (χ4n) is 1.44. The van der Waals surface area contributed by atoms with E-state index in [0.29, 0.717) is 12.0 Å². The van der Waals surface area contributed by atoms with E-state index >= 15 is 0 Å². The van der Waals surface area contributed by atoms with E-state index in [1.165, 1.54) is 19.1 Å². The van der Waals surface area contributed by atoms with Crippen LogP contribution < -0.4 is 5.32 Å². The second-order valence-corrected chi connectivity index (χ2v) is 4.38. The molecule has 5 heteroatoms. The molecule has 1 aromatic carbocycles. The number of rotatable bonds is 5. The molecule has 0 aliphatic rings. The number of phenolic OH excluding ortho intramolecular Hbond substituents is 1. The van der Waals surface area contributed by atoms with Gasteiger partial charge in [0.15, 0.2) is 0 Å². The minimum absolute atomic E-state index is 0.0865. The first-order chi connectivity index (χ1) is 8.37. The van der Waals surface area contributed by atoms with Gasteiger partial charge < -0.3 is 15.5 Å². The molecule has 1 unspecified atom stereocenters. The van der Waals surface area contributed by atoms with Gasteiger partial charge in [-0.3, -0.25) is 4.79 Å². The Morgan fingerprint density at radius 3 is 2.28 bits per heavy atom. The van der Waals surface area contributed by atoms with E-state index in [1.807, 2.05) is 0 Å². The first-order valence-corrected chi connectivity index (χ1v) is 5.69. The number of hydrogen-bond acceptors (Lipinski definition) is 3. The average Bonchev–Trinajstić information content (AvgIpc) is 2.31. The Bertz CT molecular complexity index is 441. The van der Waals surface area contributed by atoms with E-state index in [2.05, 4.69) is 5.32 Å². The lowest BCUT2D eigenvalue weighted by Crippen LogP contribution is -2.52. The molecule has 0 heterocycles. The van der Waals surface area contributed by atoms with Crippen LogP contribution in [-0.4, -0.2) is 27.6 Å². The third kappa shape index (κ3) is 3.48. The summed E-state index contributed by atoms with van der Waals surface area (Å²) in [7, 11) is 0. The zero-order valence-electron chi connectivity index (χ0n) is 10.4. The van der Waals surface area contributed by atoms with Gasteiger partial charge in [-0.1, -0.05) is 19.1 Å². The van der Waals surface area contributed by atoms with Crippen molar-refractivity contribution in [3.05, 3.63) is 29.8 Å². The maximum absolute atomic E-state index is 11.7. The van der Waals surface area contributed by atoms with Gasteiger partial charge in [0.25, 0.3) is 0 Å². The fraction of sp³-hybridized carbons (Fsp3) is 0.385. The molecule has 0 aromatic heterocycles. The molecule has 0 radical (unpaired) electrons. The smallest absolute Gasteiger partial charge is 0.329 e. The third-order valence-electron chi connectivity index (χ3n) is 2.90. The lowest BCUT2D eigenvalue weighted by atomic mass is 9.98. The summed E-state index contributed by atoms with van der Waals surface area (Å²) >= 11 is 0. The topological polar surface area (TPSA) is 86.6 Å².